The fourth-order valence-electron chi connectivity index (χ4n) is 5.53. The summed E-state index contributed by atoms with van der Waals surface area (Å²) in [5, 5.41) is 9.73. The first-order chi connectivity index (χ1) is 17.8. The van der Waals surface area contributed by atoms with Crippen LogP contribution in [0.2, 0.25) is 0 Å². The number of pyridine rings is 2. The van der Waals surface area contributed by atoms with Crippen LogP contribution in [0.3, 0.4) is 0 Å². The molecule has 3 aromatic carbocycles. The van der Waals surface area contributed by atoms with Crippen molar-refractivity contribution >= 4 is 59.6 Å². The largest absolute Gasteiger partial charge is 0.294 e. The first-order valence-corrected chi connectivity index (χ1v) is 12.7. The summed E-state index contributed by atoms with van der Waals surface area (Å²) in [5.41, 5.74) is 6.75. The Morgan fingerprint density at radius 2 is 1.65 bits per heavy atom. The smallest absolute Gasteiger partial charge is 0.137 e. The molecule has 0 N–H and O–H groups in total. The molecule has 0 unspecified atom stereocenters. The van der Waals surface area contributed by atoms with E-state index in [2.05, 4.69) is 93.8 Å². The summed E-state index contributed by atoms with van der Waals surface area (Å²) >= 11 is 1.83. The van der Waals surface area contributed by atoms with Crippen molar-refractivity contribution in [3.05, 3.63) is 108 Å². The van der Waals surface area contributed by atoms with Crippen LogP contribution in [0, 0.1) is 13.0 Å². The monoisotopic (exact) mass is 672 g/mol. The van der Waals surface area contributed by atoms with E-state index in [1.165, 1.54) is 31.1 Å². The van der Waals surface area contributed by atoms with Crippen LogP contribution < -0.4 is 0 Å². The topological polar surface area (TPSA) is 35.1 Å². The molecule has 6 heteroatoms. The van der Waals surface area contributed by atoms with Crippen LogP contribution in [0.25, 0.3) is 65.3 Å². The zero-order valence-electron chi connectivity index (χ0n) is 19.8. The van der Waals surface area contributed by atoms with Gasteiger partial charge in [0.1, 0.15) is 5.82 Å². The van der Waals surface area contributed by atoms with Crippen molar-refractivity contribution in [2.75, 3.05) is 0 Å². The Bertz CT molecular complexity index is 2120. The molecule has 0 aliphatic carbocycles. The van der Waals surface area contributed by atoms with E-state index >= 15 is 0 Å². The van der Waals surface area contributed by atoms with Gasteiger partial charge in [-0.2, -0.15) is 29.4 Å². The van der Waals surface area contributed by atoms with Gasteiger partial charge in [0.15, 0.2) is 0 Å². The Morgan fingerprint density at radius 3 is 2.54 bits per heavy atom. The average Bonchev–Trinajstić information content (AvgIpc) is 3.62. The number of nitrogens with zero attached hydrogens (tertiary/aromatic N) is 4. The molecule has 0 bridgehead atoms. The molecule has 179 valence electrons. The summed E-state index contributed by atoms with van der Waals surface area (Å²) in [6, 6.07) is 33.2. The summed E-state index contributed by atoms with van der Waals surface area (Å²) < 4.78 is 5.57. The quantitative estimate of drug-likeness (QED) is 0.175. The zero-order chi connectivity index (χ0) is 23.8. The Hall–Kier alpha value is -3.83. The number of aryl methyl sites for hydroxylation is 1. The van der Waals surface area contributed by atoms with Gasteiger partial charge in [-0.1, -0.05) is 41.8 Å². The Balaban J connectivity index is 0.00000231. The second-order valence-corrected chi connectivity index (χ2v) is 10.4. The molecule has 0 saturated heterocycles. The Kier molecular flexibility index (Phi) is 5.05. The van der Waals surface area contributed by atoms with Crippen molar-refractivity contribution in [3.8, 4) is 16.9 Å². The van der Waals surface area contributed by atoms with Crippen LogP contribution >= 0.6 is 11.3 Å². The molecule has 0 amide bonds. The molecule has 8 rings (SSSR count). The second kappa shape index (κ2) is 8.35. The van der Waals surface area contributed by atoms with Crippen LogP contribution in [0.5, 0.6) is 0 Å². The maximum Gasteiger partial charge on any atom is 0.137 e. The summed E-state index contributed by atoms with van der Waals surface area (Å²) in [4.78, 5) is 5.94. The molecule has 0 aliphatic rings. The first-order valence-electron chi connectivity index (χ1n) is 11.9. The van der Waals surface area contributed by atoms with Crippen molar-refractivity contribution in [2.24, 2.45) is 0 Å². The maximum atomic E-state index is 4.85. The van der Waals surface area contributed by atoms with E-state index in [1.54, 1.807) is 0 Å². The summed E-state index contributed by atoms with van der Waals surface area (Å²) in [6.07, 6.45) is 3.85. The number of para-hydroxylation sites is 2. The van der Waals surface area contributed by atoms with E-state index < -0.39 is 0 Å². The van der Waals surface area contributed by atoms with Crippen LogP contribution in [0.1, 0.15) is 4.88 Å². The molecule has 0 spiro atoms. The second-order valence-electron chi connectivity index (χ2n) is 9.12. The molecule has 0 fully saturated rings. The maximum absolute atomic E-state index is 4.85. The SMILES string of the molecule is Cc1cc2c3ccc[c-]c3n3ncc(-c4ccc5c(c4)c4ccccc4n5-c4ccccn4)c3c2s1.[Ir]. The van der Waals surface area contributed by atoms with E-state index in [0.29, 0.717) is 0 Å². The number of fused-ring (bicyclic) bond motifs is 9. The number of hydrogen-bond acceptors (Lipinski definition) is 3. The van der Waals surface area contributed by atoms with E-state index in [0.717, 1.165) is 39.0 Å². The van der Waals surface area contributed by atoms with Gasteiger partial charge in [-0.05, 0) is 48.3 Å². The van der Waals surface area contributed by atoms with Gasteiger partial charge in [-0.25, -0.2) is 4.98 Å². The fourth-order valence-corrected chi connectivity index (χ4v) is 6.60. The van der Waals surface area contributed by atoms with Crippen LogP contribution in [-0.4, -0.2) is 19.2 Å². The number of aromatic nitrogens is 4. The van der Waals surface area contributed by atoms with Crippen molar-refractivity contribution in [2.45, 2.75) is 6.92 Å². The number of benzene rings is 3. The number of rotatable bonds is 2. The van der Waals surface area contributed by atoms with E-state index in [9.17, 15) is 0 Å². The minimum Gasteiger partial charge on any atom is -0.294 e. The normalized spacial score (nSPS) is 11.7. The third-order valence-electron chi connectivity index (χ3n) is 7.04. The molecule has 0 saturated carbocycles. The van der Waals surface area contributed by atoms with E-state index in [4.69, 9.17) is 5.10 Å². The summed E-state index contributed by atoms with van der Waals surface area (Å²) in [5.74, 6) is 0.921. The Labute approximate surface area is 230 Å². The minimum absolute atomic E-state index is 0. The molecule has 1 radical (unpaired) electrons. The number of thiophene rings is 1. The van der Waals surface area contributed by atoms with Crippen LogP contribution in [0.15, 0.2) is 97.3 Å². The molecule has 4 nitrogen and oxygen atoms in total. The molecular formula is C31H19IrN4S-. The number of hydrogen-bond donors (Lipinski definition) is 0. The molecule has 37 heavy (non-hydrogen) atoms. The van der Waals surface area contributed by atoms with E-state index in [1.807, 2.05) is 41.9 Å². The fraction of sp³-hybridized carbons (Fsp3) is 0.0323. The van der Waals surface area contributed by atoms with Crippen molar-refractivity contribution in [1.29, 1.82) is 0 Å². The first kappa shape index (κ1) is 22.4. The predicted octanol–water partition coefficient (Wildman–Crippen LogP) is 7.97. The van der Waals surface area contributed by atoms with Gasteiger partial charge in [-0.3, -0.25) is 9.08 Å². The van der Waals surface area contributed by atoms with Crippen LogP contribution in [-0.2, 0) is 20.1 Å². The molecule has 8 aromatic rings. The zero-order valence-corrected chi connectivity index (χ0v) is 23.0. The van der Waals surface area contributed by atoms with Gasteiger partial charge in [0.05, 0.1) is 22.7 Å². The minimum atomic E-state index is 0. The van der Waals surface area contributed by atoms with Gasteiger partial charge in [0.25, 0.3) is 0 Å². The molecule has 0 atom stereocenters. The van der Waals surface area contributed by atoms with E-state index in [-0.39, 0.29) is 20.1 Å². The van der Waals surface area contributed by atoms with Crippen molar-refractivity contribution in [1.82, 2.24) is 19.2 Å². The van der Waals surface area contributed by atoms with Crippen LogP contribution in [0.4, 0.5) is 0 Å². The van der Waals surface area contributed by atoms with Crippen molar-refractivity contribution in [3.63, 3.8) is 0 Å². The average molecular weight is 672 g/mol. The summed E-state index contributed by atoms with van der Waals surface area (Å²) in [6.45, 7) is 2.17. The van der Waals surface area contributed by atoms with Gasteiger partial charge in [0, 0.05) is 52.2 Å². The van der Waals surface area contributed by atoms with Crippen molar-refractivity contribution < 1.29 is 20.1 Å². The molecular weight excluding hydrogens is 653 g/mol. The third kappa shape index (κ3) is 3.17. The van der Waals surface area contributed by atoms with Gasteiger partial charge in [-0.15, -0.1) is 16.7 Å². The standard InChI is InChI=1S/C31H19N4S.Ir/c1-19-16-24-22-9-3-5-11-28(22)35-30(31(24)36-19)25(18-33-35)20-13-14-27-23(17-20)21-8-2-4-10-26(21)34(27)29-12-6-7-15-32-29;/h2-10,12-18H,1H3;/q-1;. The van der Waals surface area contributed by atoms with Gasteiger partial charge < -0.3 is 0 Å². The van der Waals surface area contributed by atoms with Gasteiger partial charge >= 0.3 is 0 Å². The predicted molar refractivity (Wildman–Crippen MR) is 149 cm³/mol. The Morgan fingerprint density at radius 1 is 0.811 bits per heavy atom. The molecule has 5 aromatic heterocycles. The summed E-state index contributed by atoms with van der Waals surface area (Å²) in [7, 11) is 0. The van der Waals surface area contributed by atoms with Gasteiger partial charge in [0.2, 0.25) is 0 Å². The molecule has 0 aliphatic heterocycles. The third-order valence-corrected chi connectivity index (χ3v) is 8.10. The molecule has 5 heterocycles.